The molecule has 0 aliphatic heterocycles. The fraction of sp³-hybridized carbons (Fsp3) is 0.0588. The monoisotopic (exact) mass is 330 g/mol. The Labute approximate surface area is 139 Å². The van der Waals surface area contributed by atoms with Crippen LogP contribution < -0.4 is 10.4 Å². The van der Waals surface area contributed by atoms with Gasteiger partial charge in [0.25, 0.3) is 0 Å². The first-order chi connectivity index (χ1) is 11.2. The lowest BCUT2D eigenvalue weighted by molar-refractivity contribution is 1.50. The molecular formula is C17H6N4S2. The Balaban J connectivity index is 2.91. The molecule has 0 saturated heterocycles. The number of hydrogen-bond donors (Lipinski definition) is 0. The van der Waals surface area contributed by atoms with Crippen molar-refractivity contribution in [2.75, 3.05) is 0 Å². The summed E-state index contributed by atoms with van der Waals surface area (Å²) in [7, 11) is 0. The second-order valence-electron chi connectivity index (χ2n) is 4.71. The van der Waals surface area contributed by atoms with Crippen LogP contribution in [0, 0.1) is 52.2 Å². The summed E-state index contributed by atoms with van der Waals surface area (Å²) in [4.78, 5) is 0.991. The molecule has 23 heavy (non-hydrogen) atoms. The molecule has 1 aromatic carbocycles. The van der Waals surface area contributed by atoms with E-state index in [0.29, 0.717) is 10.4 Å². The van der Waals surface area contributed by atoms with Crippen molar-refractivity contribution >= 4 is 54.0 Å². The fourth-order valence-electron chi connectivity index (χ4n) is 2.60. The first kappa shape index (κ1) is 14.8. The first-order valence-electron chi connectivity index (χ1n) is 6.44. The van der Waals surface area contributed by atoms with Crippen LogP contribution in [0.5, 0.6) is 0 Å². The van der Waals surface area contributed by atoms with E-state index in [-0.39, 0.29) is 11.1 Å². The van der Waals surface area contributed by atoms with Gasteiger partial charge in [0.2, 0.25) is 0 Å². The van der Waals surface area contributed by atoms with E-state index in [1.165, 1.54) is 22.7 Å². The molecule has 0 aliphatic carbocycles. The number of aryl methyl sites for hydroxylation is 1. The Morgan fingerprint density at radius 3 is 2.00 bits per heavy atom. The van der Waals surface area contributed by atoms with Crippen LogP contribution in [0.25, 0.3) is 31.3 Å². The van der Waals surface area contributed by atoms with Crippen LogP contribution in [0.2, 0.25) is 0 Å². The van der Waals surface area contributed by atoms with E-state index < -0.39 is 0 Å². The predicted octanol–water partition coefficient (Wildman–Crippen LogP) is 2.82. The van der Waals surface area contributed by atoms with Crippen LogP contribution >= 0.6 is 22.7 Å². The summed E-state index contributed by atoms with van der Waals surface area (Å²) >= 11 is 2.86. The number of hydrogen-bond acceptors (Lipinski definition) is 6. The van der Waals surface area contributed by atoms with Crippen molar-refractivity contribution < 1.29 is 0 Å². The Morgan fingerprint density at radius 1 is 0.870 bits per heavy atom. The average Bonchev–Trinajstić information content (AvgIpc) is 3.17. The molecule has 2 heterocycles. The summed E-state index contributed by atoms with van der Waals surface area (Å²) in [6.45, 7) is 1.92. The highest BCUT2D eigenvalue weighted by atomic mass is 32.1. The van der Waals surface area contributed by atoms with E-state index >= 15 is 0 Å². The van der Waals surface area contributed by atoms with Crippen LogP contribution in [0.15, 0.2) is 17.5 Å². The lowest BCUT2D eigenvalue weighted by Gasteiger charge is -1.99. The van der Waals surface area contributed by atoms with Gasteiger partial charge in [-0.25, -0.2) is 0 Å². The van der Waals surface area contributed by atoms with Crippen molar-refractivity contribution in [1.29, 1.82) is 21.0 Å². The van der Waals surface area contributed by atoms with Crippen LogP contribution in [0.4, 0.5) is 0 Å². The van der Waals surface area contributed by atoms with Gasteiger partial charge in [-0.15, -0.1) is 22.7 Å². The van der Waals surface area contributed by atoms with Gasteiger partial charge >= 0.3 is 0 Å². The van der Waals surface area contributed by atoms with Crippen LogP contribution in [0.3, 0.4) is 0 Å². The van der Waals surface area contributed by atoms with Crippen molar-refractivity contribution in [3.8, 4) is 24.3 Å². The summed E-state index contributed by atoms with van der Waals surface area (Å²) in [6.07, 6.45) is 0. The number of rotatable bonds is 0. The molecule has 0 saturated carbocycles. The highest BCUT2D eigenvalue weighted by Gasteiger charge is 2.15. The normalized spacial score (nSPS) is 9.78. The molecule has 0 unspecified atom stereocenters. The van der Waals surface area contributed by atoms with E-state index in [4.69, 9.17) is 0 Å². The largest absolute Gasteiger partial charge is 0.192 e. The highest BCUT2D eigenvalue weighted by molar-refractivity contribution is 7.20. The second-order valence-corrected chi connectivity index (χ2v) is 6.88. The zero-order valence-corrected chi connectivity index (χ0v) is 13.5. The lowest BCUT2D eigenvalue weighted by atomic mass is 10.0. The van der Waals surface area contributed by atoms with Crippen LogP contribution in [0.1, 0.15) is 4.88 Å². The minimum Gasteiger partial charge on any atom is -0.192 e. The van der Waals surface area contributed by atoms with Crippen LogP contribution in [-0.2, 0) is 0 Å². The predicted molar refractivity (Wildman–Crippen MR) is 90.5 cm³/mol. The fourth-order valence-corrected chi connectivity index (χ4v) is 4.65. The van der Waals surface area contributed by atoms with E-state index in [0.717, 1.165) is 25.0 Å². The maximum absolute atomic E-state index is 9.30. The van der Waals surface area contributed by atoms with E-state index in [2.05, 4.69) is 0 Å². The topological polar surface area (TPSA) is 95.2 Å². The molecule has 106 valence electrons. The number of thiophene rings is 2. The minimum atomic E-state index is 0.0438. The molecule has 4 nitrogen and oxygen atoms in total. The van der Waals surface area contributed by atoms with Gasteiger partial charge in [0.1, 0.15) is 35.4 Å². The van der Waals surface area contributed by atoms with Gasteiger partial charge in [-0.1, -0.05) is 0 Å². The summed E-state index contributed by atoms with van der Waals surface area (Å²) in [6, 6.07) is 11.6. The molecule has 6 heteroatoms. The molecule has 0 atom stereocenters. The molecule has 0 N–H and O–H groups in total. The molecule has 0 aliphatic rings. The van der Waals surface area contributed by atoms with E-state index in [9.17, 15) is 21.0 Å². The molecule has 0 fully saturated rings. The number of benzene rings is 1. The molecule has 0 radical (unpaired) electrons. The smallest absolute Gasteiger partial charge is 0.138 e. The molecule has 0 amide bonds. The van der Waals surface area contributed by atoms with Crippen molar-refractivity contribution in [3.05, 3.63) is 32.8 Å². The third kappa shape index (κ3) is 2.07. The second kappa shape index (κ2) is 5.56. The third-order valence-electron chi connectivity index (χ3n) is 3.46. The van der Waals surface area contributed by atoms with Crippen molar-refractivity contribution in [3.63, 3.8) is 0 Å². The standard InChI is InChI=1S/C17H6N4S2/c1-9-4-13-15(11(7-20)8-21)16-12(2-3-22-16)14(17(13)23-9)10(5-18)6-19/h2-4H,1H3. The molecule has 0 spiro atoms. The zero-order valence-electron chi connectivity index (χ0n) is 11.8. The van der Waals surface area contributed by atoms with E-state index in [1.807, 2.05) is 48.7 Å². The number of nitrogens with zero attached hydrogens (tertiary/aromatic N) is 4. The van der Waals surface area contributed by atoms with Crippen molar-refractivity contribution in [2.45, 2.75) is 6.92 Å². The summed E-state index contributed by atoms with van der Waals surface area (Å²) in [5.41, 5.74) is 0.0875. The zero-order chi connectivity index (χ0) is 16.6. The maximum Gasteiger partial charge on any atom is 0.138 e. The molecule has 0 bridgehead atoms. The third-order valence-corrected chi connectivity index (χ3v) is 5.46. The summed E-state index contributed by atoms with van der Waals surface area (Å²) in [5, 5.41) is 41.7. The quantitative estimate of drug-likeness (QED) is 0.633. The SMILES string of the molecule is Cc1cc2c(=C(C#N)C#N)c3sccc3c(=C(C#N)C#N)c2s1. The Bertz CT molecular complexity index is 1130. The Hall–Kier alpha value is -3.16. The van der Waals surface area contributed by atoms with Gasteiger partial charge in [0.15, 0.2) is 0 Å². The number of fused-ring (bicyclic) bond motifs is 2. The molecule has 2 aromatic heterocycles. The van der Waals surface area contributed by atoms with E-state index in [1.54, 1.807) is 0 Å². The summed E-state index contributed by atoms with van der Waals surface area (Å²) < 4.78 is 1.52. The highest BCUT2D eigenvalue weighted by Crippen LogP contribution is 2.26. The molecule has 3 rings (SSSR count). The van der Waals surface area contributed by atoms with Gasteiger partial charge in [0.05, 0.1) is 0 Å². The molecule has 3 aromatic rings. The van der Waals surface area contributed by atoms with Crippen LogP contribution in [-0.4, -0.2) is 0 Å². The average molecular weight is 330 g/mol. The van der Waals surface area contributed by atoms with Gasteiger partial charge < -0.3 is 0 Å². The van der Waals surface area contributed by atoms with Gasteiger partial charge in [-0.05, 0) is 24.4 Å². The number of nitriles is 4. The first-order valence-corrected chi connectivity index (χ1v) is 8.14. The Morgan fingerprint density at radius 2 is 1.43 bits per heavy atom. The lowest BCUT2D eigenvalue weighted by Crippen LogP contribution is -2.15. The molecular weight excluding hydrogens is 324 g/mol. The summed E-state index contributed by atoms with van der Waals surface area (Å²) in [5.74, 6) is 0. The van der Waals surface area contributed by atoms with Crippen molar-refractivity contribution in [2.24, 2.45) is 0 Å². The van der Waals surface area contributed by atoms with Gasteiger partial charge in [-0.3, -0.25) is 0 Å². The minimum absolute atomic E-state index is 0.0438. The van der Waals surface area contributed by atoms with Gasteiger partial charge in [0, 0.05) is 35.5 Å². The van der Waals surface area contributed by atoms with Crippen molar-refractivity contribution in [1.82, 2.24) is 0 Å². The Kier molecular flexibility index (Phi) is 3.57. The maximum atomic E-state index is 9.30. The van der Waals surface area contributed by atoms with Gasteiger partial charge in [-0.2, -0.15) is 21.0 Å².